The molecule has 0 bridgehead atoms. The fraction of sp³-hybridized carbons (Fsp3) is 0.944. The Morgan fingerprint density at radius 1 is 1.22 bits per heavy atom. The first-order valence-corrected chi connectivity index (χ1v) is 10.7. The number of hydrogen-bond acceptors (Lipinski definition) is 4. The first-order chi connectivity index (χ1) is 11.1. The van der Waals surface area contributed by atoms with Gasteiger partial charge < -0.3 is 9.80 Å². The number of amides is 1. The number of carbonyl (C=O) groups excluding carboxylic acids is 1. The van der Waals surface area contributed by atoms with E-state index in [1.165, 1.54) is 38.1 Å². The van der Waals surface area contributed by atoms with Gasteiger partial charge in [0.05, 0.1) is 0 Å². The summed E-state index contributed by atoms with van der Waals surface area (Å²) in [5, 5.41) is 0. The van der Waals surface area contributed by atoms with Crippen molar-refractivity contribution in [3.05, 3.63) is 0 Å². The second-order valence-electron chi connectivity index (χ2n) is 7.80. The zero-order valence-electron chi connectivity index (χ0n) is 14.9. The van der Waals surface area contributed by atoms with Gasteiger partial charge in [-0.1, -0.05) is 0 Å². The maximum Gasteiger partial charge on any atom is 0.222 e. The molecule has 1 aliphatic carbocycles. The highest BCUT2D eigenvalue weighted by Crippen LogP contribution is 2.35. The highest BCUT2D eigenvalue weighted by Gasteiger charge is 2.42. The molecule has 3 rings (SSSR count). The normalized spacial score (nSPS) is 30.9. The van der Waals surface area contributed by atoms with Crippen molar-refractivity contribution in [1.82, 2.24) is 14.7 Å². The predicted molar refractivity (Wildman–Crippen MR) is 98.0 cm³/mol. The molecule has 3 aliphatic rings. The summed E-state index contributed by atoms with van der Waals surface area (Å²) in [5.41, 5.74) is 0.228. The van der Waals surface area contributed by atoms with E-state index in [0.29, 0.717) is 5.91 Å². The van der Waals surface area contributed by atoms with Crippen molar-refractivity contribution >= 4 is 17.7 Å². The Morgan fingerprint density at radius 3 is 2.78 bits per heavy atom. The molecule has 0 aromatic heterocycles. The van der Waals surface area contributed by atoms with Gasteiger partial charge in [0.15, 0.2) is 0 Å². The van der Waals surface area contributed by atoms with Crippen molar-refractivity contribution in [3.8, 4) is 0 Å². The van der Waals surface area contributed by atoms with E-state index >= 15 is 0 Å². The monoisotopic (exact) mass is 339 g/mol. The van der Waals surface area contributed by atoms with Gasteiger partial charge in [0, 0.05) is 44.7 Å². The van der Waals surface area contributed by atoms with E-state index < -0.39 is 0 Å². The second-order valence-corrected chi connectivity index (χ2v) is 8.79. The van der Waals surface area contributed by atoms with Crippen LogP contribution in [0.2, 0.25) is 0 Å². The van der Waals surface area contributed by atoms with Gasteiger partial charge in [-0.15, -0.1) is 0 Å². The molecule has 1 spiro atoms. The van der Waals surface area contributed by atoms with Crippen molar-refractivity contribution in [2.45, 2.75) is 44.1 Å². The lowest BCUT2D eigenvalue weighted by Gasteiger charge is -2.49. The minimum absolute atomic E-state index is 0.228. The molecular formula is C18H33N3OS. The fourth-order valence-electron chi connectivity index (χ4n) is 4.20. The van der Waals surface area contributed by atoms with E-state index in [1.54, 1.807) is 0 Å². The van der Waals surface area contributed by atoms with E-state index in [1.807, 2.05) is 11.8 Å². The highest BCUT2D eigenvalue weighted by molar-refractivity contribution is 7.98. The van der Waals surface area contributed by atoms with E-state index in [0.717, 1.165) is 51.4 Å². The summed E-state index contributed by atoms with van der Waals surface area (Å²) in [7, 11) is 2.28. The molecule has 0 unspecified atom stereocenters. The summed E-state index contributed by atoms with van der Waals surface area (Å²) in [6, 6.07) is 0. The Labute approximate surface area is 145 Å². The third-order valence-corrected chi connectivity index (χ3v) is 6.78. The highest BCUT2D eigenvalue weighted by atomic mass is 32.2. The number of rotatable bonds is 6. The molecule has 23 heavy (non-hydrogen) atoms. The number of likely N-dealkylation sites (tertiary alicyclic amines) is 1. The van der Waals surface area contributed by atoms with Crippen LogP contribution in [0.5, 0.6) is 0 Å². The van der Waals surface area contributed by atoms with Gasteiger partial charge >= 0.3 is 0 Å². The molecule has 3 fully saturated rings. The van der Waals surface area contributed by atoms with Crippen LogP contribution in [0, 0.1) is 5.92 Å². The minimum atomic E-state index is 0.228. The second kappa shape index (κ2) is 7.75. The number of hydrogen-bond donors (Lipinski definition) is 0. The Morgan fingerprint density at radius 2 is 2.04 bits per heavy atom. The van der Waals surface area contributed by atoms with Crippen LogP contribution in [0.3, 0.4) is 0 Å². The van der Waals surface area contributed by atoms with Gasteiger partial charge in [-0.25, -0.2) is 0 Å². The molecule has 0 aromatic rings. The van der Waals surface area contributed by atoms with Crippen LogP contribution in [0.15, 0.2) is 0 Å². The Kier molecular flexibility index (Phi) is 5.92. The van der Waals surface area contributed by atoms with Crippen LogP contribution < -0.4 is 0 Å². The molecular weight excluding hydrogens is 306 g/mol. The number of nitrogens with zero attached hydrogens (tertiary/aromatic N) is 3. The Bertz CT molecular complexity index is 415. The van der Waals surface area contributed by atoms with Crippen LogP contribution in [-0.4, -0.2) is 84.5 Å². The zero-order valence-corrected chi connectivity index (χ0v) is 15.7. The van der Waals surface area contributed by atoms with Crippen LogP contribution in [0.1, 0.15) is 38.5 Å². The zero-order chi connectivity index (χ0) is 16.3. The lowest BCUT2D eigenvalue weighted by molar-refractivity contribution is -0.131. The molecule has 1 saturated carbocycles. The lowest BCUT2D eigenvalue weighted by atomic mass is 9.86. The minimum Gasteiger partial charge on any atom is -0.342 e. The van der Waals surface area contributed by atoms with Crippen LogP contribution in [0.4, 0.5) is 0 Å². The first kappa shape index (κ1) is 17.6. The summed E-state index contributed by atoms with van der Waals surface area (Å²) in [6.45, 7) is 6.70. The lowest BCUT2D eigenvalue weighted by Crippen LogP contribution is -2.61. The first-order valence-electron chi connectivity index (χ1n) is 9.33. The van der Waals surface area contributed by atoms with Gasteiger partial charge in [0.2, 0.25) is 5.91 Å². The average molecular weight is 340 g/mol. The molecule has 5 heteroatoms. The smallest absolute Gasteiger partial charge is 0.222 e. The number of piperazine rings is 1. The third-order valence-electron chi connectivity index (χ3n) is 6.08. The third kappa shape index (κ3) is 4.43. The van der Waals surface area contributed by atoms with Crippen molar-refractivity contribution in [2.75, 3.05) is 58.3 Å². The molecule has 0 N–H and O–H groups in total. The molecule has 2 saturated heterocycles. The topological polar surface area (TPSA) is 26.8 Å². The predicted octanol–water partition coefficient (Wildman–Crippen LogP) is 2.15. The van der Waals surface area contributed by atoms with Gasteiger partial charge in [-0.3, -0.25) is 9.69 Å². The van der Waals surface area contributed by atoms with E-state index in [9.17, 15) is 4.79 Å². The number of carbonyl (C=O) groups is 1. The molecule has 2 aliphatic heterocycles. The average Bonchev–Trinajstić information content (AvgIpc) is 3.37. The Balaban J connectivity index is 1.60. The maximum atomic E-state index is 12.5. The van der Waals surface area contributed by atoms with Crippen LogP contribution >= 0.6 is 11.8 Å². The van der Waals surface area contributed by atoms with Gasteiger partial charge in [-0.05, 0) is 63.6 Å². The quantitative estimate of drug-likeness (QED) is 0.693. The fourth-order valence-corrected chi connectivity index (χ4v) is 4.62. The number of likely N-dealkylation sites (N-methyl/N-ethyl adjacent to an activating group) is 1. The van der Waals surface area contributed by atoms with Crippen molar-refractivity contribution in [1.29, 1.82) is 0 Å². The molecule has 0 aromatic carbocycles. The van der Waals surface area contributed by atoms with Crippen molar-refractivity contribution < 1.29 is 4.79 Å². The summed E-state index contributed by atoms with van der Waals surface area (Å²) in [5.74, 6) is 2.47. The van der Waals surface area contributed by atoms with Crippen LogP contribution in [-0.2, 0) is 4.79 Å². The van der Waals surface area contributed by atoms with Crippen molar-refractivity contribution in [2.24, 2.45) is 5.92 Å². The van der Waals surface area contributed by atoms with Gasteiger partial charge in [0.1, 0.15) is 0 Å². The Hall–Kier alpha value is -0.260. The summed E-state index contributed by atoms with van der Waals surface area (Å²) in [6.07, 6.45) is 9.08. The SMILES string of the molecule is CSCCCN1CCN(C)[C@@]2(CCC(=O)N(CC3CC3)CC2)C1. The van der Waals surface area contributed by atoms with Gasteiger partial charge in [0.25, 0.3) is 0 Å². The van der Waals surface area contributed by atoms with Crippen molar-refractivity contribution in [3.63, 3.8) is 0 Å². The molecule has 1 atom stereocenters. The molecule has 0 radical (unpaired) electrons. The number of thioether (sulfide) groups is 1. The summed E-state index contributed by atoms with van der Waals surface area (Å²) in [4.78, 5) is 19.9. The maximum absolute atomic E-state index is 12.5. The van der Waals surface area contributed by atoms with E-state index in [-0.39, 0.29) is 5.54 Å². The van der Waals surface area contributed by atoms with E-state index in [4.69, 9.17) is 0 Å². The van der Waals surface area contributed by atoms with Crippen LogP contribution in [0.25, 0.3) is 0 Å². The largest absolute Gasteiger partial charge is 0.342 e. The van der Waals surface area contributed by atoms with E-state index in [2.05, 4.69) is 28.0 Å². The van der Waals surface area contributed by atoms with Gasteiger partial charge in [-0.2, -0.15) is 11.8 Å². The molecule has 132 valence electrons. The molecule has 1 amide bonds. The molecule has 4 nitrogen and oxygen atoms in total. The molecule has 2 heterocycles. The summed E-state index contributed by atoms with van der Waals surface area (Å²) < 4.78 is 0. The standard InChI is InChI=1S/C18H33N3OS/c1-19-11-12-20(9-3-13-23-2)15-18(19)7-6-17(22)21(10-8-18)14-16-4-5-16/h16H,3-15H2,1-2H3/t18-/m1/s1. The summed E-state index contributed by atoms with van der Waals surface area (Å²) >= 11 is 1.94.